The zero-order valence-corrected chi connectivity index (χ0v) is 28.0. The Labute approximate surface area is 263 Å². The number of anilines is 1. The highest BCUT2D eigenvalue weighted by atomic mass is 32.2. The molecular weight excluding hydrogens is 622 g/mol. The Kier molecular flexibility index (Phi) is 9.15. The summed E-state index contributed by atoms with van der Waals surface area (Å²) in [6, 6.07) is 14.0. The van der Waals surface area contributed by atoms with Gasteiger partial charge in [-0.1, -0.05) is 30.3 Å². The maximum atomic E-state index is 13.0. The van der Waals surface area contributed by atoms with Crippen molar-refractivity contribution in [3.05, 3.63) is 72.4 Å². The third-order valence-corrected chi connectivity index (χ3v) is 9.60. The minimum atomic E-state index is -3.97. The fourth-order valence-electron chi connectivity index (χ4n) is 4.36. The molecule has 0 saturated carbocycles. The van der Waals surface area contributed by atoms with Gasteiger partial charge in [0, 0.05) is 51.1 Å². The van der Waals surface area contributed by atoms with Gasteiger partial charge in [0.05, 0.1) is 11.9 Å². The van der Waals surface area contributed by atoms with Crippen LogP contribution < -0.4 is 9.62 Å². The first-order valence-electron chi connectivity index (χ1n) is 13.8. The first kappa shape index (κ1) is 33.6. The van der Waals surface area contributed by atoms with Crippen LogP contribution in [0.1, 0.15) is 39.1 Å². The van der Waals surface area contributed by atoms with E-state index in [1.54, 1.807) is 33.8 Å². The minimum Gasteiger partial charge on any atom is -0.444 e. The fourth-order valence-corrected chi connectivity index (χ4v) is 5.78. The van der Waals surface area contributed by atoms with E-state index in [0.717, 1.165) is 24.4 Å². The molecule has 4 rings (SSSR count). The molecule has 1 amide bonds. The lowest BCUT2D eigenvalue weighted by atomic mass is 9.92. The highest BCUT2D eigenvalue weighted by Gasteiger charge is 2.37. The molecule has 14 nitrogen and oxygen atoms in total. The maximum absolute atomic E-state index is 13.0. The molecule has 0 fully saturated rings. The number of imidazole rings is 1. The van der Waals surface area contributed by atoms with E-state index < -0.39 is 37.5 Å². The van der Waals surface area contributed by atoms with Gasteiger partial charge >= 0.3 is 16.3 Å². The molecule has 2 aromatic heterocycles. The topological polar surface area (TPSA) is 170 Å². The van der Waals surface area contributed by atoms with E-state index in [1.807, 2.05) is 30.3 Å². The standard InChI is InChI=1S/C29H37N7O7S2/c1-28(2,3)43-27(37)31-29(4,19-20-12-10-9-11-13-20)26-33-32-25(42-26)22-16-21(17-23(18-22)35(7)44(8,38)39)24-30-14-15-36(24)45(40,41)34(5)6/h9-18H,19H2,1-8H3,(H,31,37)/t29-/m0/s1. The van der Waals surface area contributed by atoms with Crippen molar-refractivity contribution in [1.29, 1.82) is 0 Å². The van der Waals surface area contributed by atoms with Gasteiger partial charge in [-0.3, -0.25) is 4.31 Å². The summed E-state index contributed by atoms with van der Waals surface area (Å²) < 4.78 is 65.7. The summed E-state index contributed by atoms with van der Waals surface area (Å²) in [6.07, 6.45) is 3.24. The highest BCUT2D eigenvalue weighted by molar-refractivity contribution is 7.92. The monoisotopic (exact) mass is 659 g/mol. The van der Waals surface area contributed by atoms with Crippen LogP contribution in [-0.2, 0) is 36.9 Å². The van der Waals surface area contributed by atoms with Crippen LogP contribution in [-0.4, -0.2) is 79.4 Å². The van der Waals surface area contributed by atoms with Gasteiger partial charge in [-0.05, 0) is 51.5 Å². The van der Waals surface area contributed by atoms with Gasteiger partial charge in [-0.25, -0.2) is 22.2 Å². The molecule has 4 aromatic rings. The normalized spacial score (nSPS) is 13.8. The summed E-state index contributed by atoms with van der Waals surface area (Å²) in [5, 5.41) is 11.4. The lowest BCUT2D eigenvalue weighted by molar-refractivity contribution is 0.0443. The minimum absolute atomic E-state index is 0.00570. The maximum Gasteiger partial charge on any atom is 0.408 e. The van der Waals surface area contributed by atoms with E-state index >= 15 is 0 Å². The van der Waals surface area contributed by atoms with Crippen LogP contribution in [0, 0.1) is 0 Å². The Morgan fingerprint density at radius 1 is 0.978 bits per heavy atom. The molecule has 0 aliphatic rings. The lowest BCUT2D eigenvalue weighted by Crippen LogP contribution is -2.47. The van der Waals surface area contributed by atoms with Crippen molar-refractivity contribution in [2.75, 3.05) is 31.7 Å². The summed E-state index contributed by atoms with van der Waals surface area (Å²) in [7, 11) is -3.56. The number of benzene rings is 2. The van der Waals surface area contributed by atoms with Crippen molar-refractivity contribution in [2.45, 2.75) is 45.3 Å². The molecule has 0 unspecified atom stereocenters. The molecule has 0 radical (unpaired) electrons. The molecular formula is C29H37N7O7S2. The number of aromatic nitrogens is 4. The van der Waals surface area contributed by atoms with Crippen LogP contribution in [0.3, 0.4) is 0 Å². The molecule has 242 valence electrons. The lowest BCUT2D eigenvalue weighted by Gasteiger charge is -2.29. The number of nitrogens with zero attached hydrogens (tertiary/aromatic N) is 6. The summed E-state index contributed by atoms with van der Waals surface area (Å²) in [5.41, 5.74) is -0.342. The van der Waals surface area contributed by atoms with E-state index in [9.17, 15) is 21.6 Å². The summed E-state index contributed by atoms with van der Waals surface area (Å²) in [5.74, 6) is 0.0927. The molecule has 1 atom stereocenters. The summed E-state index contributed by atoms with van der Waals surface area (Å²) >= 11 is 0. The number of carbonyl (C=O) groups excluding carboxylic acids is 1. The van der Waals surface area contributed by atoms with Crippen LogP contribution in [0.4, 0.5) is 10.5 Å². The Balaban J connectivity index is 1.85. The molecule has 0 saturated heterocycles. The molecule has 16 heteroatoms. The number of amides is 1. The van der Waals surface area contributed by atoms with Gasteiger partial charge < -0.3 is 14.5 Å². The zero-order chi connectivity index (χ0) is 33.4. The number of rotatable bonds is 10. The van der Waals surface area contributed by atoms with Gasteiger partial charge in [0.2, 0.25) is 21.8 Å². The molecule has 45 heavy (non-hydrogen) atoms. The number of ether oxygens (including phenoxy) is 1. The predicted molar refractivity (Wildman–Crippen MR) is 169 cm³/mol. The Morgan fingerprint density at radius 2 is 1.62 bits per heavy atom. The van der Waals surface area contributed by atoms with Crippen LogP contribution >= 0.6 is 0 Å². The number of carbonyl (C=O) groups is 1. The summed E-state index contributed by atoms with van der Waals surface area (Å²) in [4.78, 5) is 17.2. The Bertz CT molecular complexity index is 1900. The first-order valence-corrected chi connectivity index (χ1v) is 17.0. The van der Waals surface area contributed by atoms with E-state index in [0.29, 0.717) is 0 Å². The molecule has 2 heterocycles. The van der Waals surface area contributed by atoms with Gasteiger partial charge in [0.1, 0.15) is 11.1 Å². The van der Waals surface area contributed by atoms with E-state index in [2.05, 4.69) is 20.5 Å². The second kappa shape index (κ2) is 12.3. The Hall–Kier alpha value is -4.28. The van der Waals surface area contributed by atoms with Crippen molar-refractivity contribution < 1.29 is 30.8 Å². The van der Waals surface area contributed by atoms with Crippen molar-refractivity contribution in [1.82, 2.24) is 28.8 Å². The number of alkyl carbamates (subject to hydrolysis) is 1. The smallest absolute Gasteiger partial charge is 0.408 e. The second-order valence-corrected chi connectivity index (χ2v) is 15.9. The molecule has 0 spiro atoms. The van der Waals surface area contributed by atoms with Crippen LogP contribution in [0.25, 0.3) is 22.8 Å². The van der Waals surface area contributed by atoms with Crippen molar-refractivity contribution in [3.8, 4) is 22.8 Å². The van der Waals surface area contributed by atoms with Crippen molar-refractivity contribution >= 4 is 32.0 Å². The number of sulfonamides is 1. The van der Waals surface area contributed by atoms with Gasteiger partial charge in [-0.2, -0.15) is 12.7 Å². The quantitative estimate of drug-likeness (QED) is 0.265. The van der Waals surface area contributed by atoms with Gasteiger partial charge in [-0.15, -0.1) is 10.2 Å². The molecule has 1 N–H and O–H groups in total. The summed E-state index contributed by atoms with van der Waals surface area (Å²) in [6.45, 7) is 6.97. The first-order chi connectivity index (χ1) is 20.8. The van der Waals surface area contributed by atoms with E-state index in [1.165, 1.54) is 45.7 Å². The second-order valence-electron chi connectivity index (χ2n) is 11.9. The van der Waals surface area contributed by atoms with Crippen LogP contribution in [0.5, 0.6) is 0 Å². The average molecular weight is 660 g/mol. The van der Waals surface area contributed by atoms with Crippen molar-refractivity contribution in [2.24, 2.45) is 0 Å². The third kappa shape index (κ3) is 7.69. The predicted octanol–water partition coefficient (Wildman–Crippen LogP) is 3.63. The molecule has 0 aliphatic carbocycles. The van der Waals surface area contributed by atoms with Crippen molar-refractivity contribution in [3.63, 3.8) is 0 Å². The van der Waals surface area contributed by atoms with Gasteiger partial charge in [0.25, 0.3) is 0 Å². The third-order valence-electron chi connectivity index (χ3n) is 6.68. The molecule has 2 aromatic carbocycles. The molecule has 0 aliphatic heterocycles. The Morgan fingerprint density at radius 3 is 2.22 bits per heavy atom. The largest absolute Gasteiger partial charge is 0.444 e. The van der Waals surface area contributed by atoms with Crippen LogP contribution in [0.2, 0.25) is 0 Å². The highest BCUT2D eigenvalue weighted by Crippen LogP contribution is 2.34. The average Bonchev–Trinajstić information content (AvgIpc) is 3.62. The number of hydrogen-bond donors (Lipinski definition) is 1. The number of hydrogen-bond acceptors (Lipinski definition) is 10. The van der Waals surface area contributed by atoms with E-state index in [4.69, 9.17) is 9.15 Å². The zero-order valence-electron chi connectivity index (χ0n) is 26.3. The SMILES string of the molecule is CN(c1cc(-c2nnc([C@](C)(Cc3ccccc3)NC(=O)OC(C)(C)C)o2)cc(-c2nccn2S(=O)(=O)N(C)C)c1)S(C)(=O)=O. The number of nitrogens with one attached hydrogen (secondary N) is 1. The van der Waals surface area contributed by atoms with Gasteiger partial charge in [0.15, 0.2) is 5.82 Å². The van der Waals surface area contributed by atoms with Crippen LogP contribution in [0.15, 0.2) is 65.3 Å². The fraction of sp³-hybridized carbons (Fsp3) is 0.379. The molecule has 0 bridgehead atoms. The van der Waals surface area contributed by atoms with E-state index in [-0.39, 0.29) is 40.8 Å².